The monoisotopic (exact) mass is 222 g/mol. The molecule has 1 saturated heterocycles. The van der Waals surface area contributed by atoms with E-state index in [9.17, 15) is 0 Å². The van der Waals surface area contributed by atoms with Gasteiger partial charge in [-0.2, -0.15) is 0 Å². The Morgan fingerprint density at radius 1 is 1.50 bits per heavy atom. The molecule has 2 heterocycles. The number of rotatable bonds is 4. The number of nitrogens with two attached hydrogens (primary N) is 1. The van der Waals surface area contributed by atoms with Gasteiger partial charge in [-0.3, -0.25) is 4.98 Å². The second-order valence-electron chi connectivity index (χ2n) is 3.98. The van der Waals surface area contributed by atoms with Crippen molar-refractivity contribution in [1.82, 2.24) is 4.98 Å². The molecule has 2 N–H and O–H groups in total. The molecule has 0 aliphatic carbocycles. The molecule has 1 aromatic rings. The van der Waals surface area contributed by atoms with Gasteiger partial charge in [0.15, 0.2) is 0 Å². The van der Waals surface area contributed by atoms with Crippen LogP contribution >= 0.6 is 0 Å². The van der Waals surface area contributed by atoms with Crippen LogP contribution in [-0.4, -0.2) is 30.8 Å². The van der Waals surface area contributed by atoms with E-state index in [1.54, 1.807) is 6.20 Å². The maximum absolute atomic E-state index is 5.77. The molecule has 2 rings (SSSR count). The average Bonchev–Trinajstić information content (AvgIpc) is 2.33. The Labute approximate surface area is 95.8 Å². The van der Waals surface area contributed by atoms with Crippen LogP contribution < -0.4 is 10.5 Å². The van der Waals surface area contributed by atoms with Crippen molar-refractivity contribution >= 4 is 0 Å². The van der Waals surface area contributed by atoms with Crippen LogP contribution in [0.3, 0.4) is 0 Å². The minimum Gasteiger partial charge on any atom is -0.486 e. The summed E-state index contributed by atoms with van der Waals surface area (Å²) in [6.45, 7) is 2.17. The summed E-state index contributed by atoms with van der Waals surface area (Å²) in [6.07, 6.45) is 4.89. The SMILES string of the molecule is NCCc1ccc(OC2CCCOC2)cn1. The van der Waals surface area contributed by atoms with Crippen molar-refractivity contribution in [2.45, 2.75) is 25.4 Å². The van der Waals surface area contributed by atoms with E-state index in [1.807, 2.05) is 12.1 Å². The lowest BCUT2D eigenvalue weighted by Gasteiger charge is -2.23. The molecular weight excluding hydrogens is 204 g/mol. The van der Waals surface area contributed by atoms with Gasteiger partial charge in [0, 0.05) is 18.7 Å². The number of nitrogens with zero attached hydrogens (tertiary/aromatic N) is 1. The zero-order chi connectivity index (χ0) is 11.2. The second kappa shape index (κ2) is 5.82. The van der Waals surface area contributed by atoms with Gasteiger partial charge in [0.25, 0.3) is 0 Å². The lowest BCUT2D eigenvalue weighted by Crippen LogP contribution is -2.28. The summed E-state index contributed by atoms with van der Waals surface area (Å²) in [5, 5.41) is 0. The van der Waals surface area contributed by atoms with Gasteiger partial charge in [0.2, 0.25) is 0 Å². The van der Waals surface area contributed by atoms with E-state index in [1.165, 1.54) is 0 Å². The lowest BCUT2D eigenvalue weighted by atomic mass is 10.2. The quantitative estimate of drug-likeness (QED) is 0.830. The number of pyridine rings is 1. The molecule has 0 radical (unpaired) electrons. The second-order valence-corrected chi connectivity index (χ2v) is 3.98. The summed E-state index contributed by atoms with van der Waals surface area (Å²) in [4.78, 5) is 4.29. The Balaban J connectivity index is 1.88. The third-order valence-corrected chi connectivity index (χ3v) is 2.62. The standard InChI is InChI=1S/C12H18N2O2/c13-6-5-10-3-4-11(8-14-10)16-12-2-1-7-15-9-12/h3-4,8,12H,1-2,5-7,9,13H2. The fraction of sp³-hybridized carbons (Fsp3) is 0.583. The minimum atomic E-state index is 0.177. The first-order valence-corrected chi connectivity index (χ1v) is 5.78. The van der Waals surface area contributed by atoms with E-state index < -0.39 is 0 Å². The molecule has 1 atom stereocenters. The maximum atomic E-state index is 5.77. The Morgan fingerprint density at radius 3 is 3.06 bits per heavy atom. The number of hydrogen-bond donors (Lipinski definition) is 1. The van der Waals surface area contributed by atoms with Crippen molar-refractivity contribution in [2.24, 2.45) is 5.73 Å². The number of aromatic nitrogens is 1. The van der Waals surface area contributed by atoms with Crippen LogP contribution in [0.1, 0.15) is 18.5 Å². The third kappa shape index (κ3) is 3.18. The van der Waals surface area contributed by atoms with Crippen molar-refractivity contribution < 1.29 is 9.47 Å². The molecule has 0 saturated carbocycles. The highest BCUT2D eigenvalue weighted by molar-refractivity contribution is 5.20. The largest absolute Gasteiger partial charge is 0.486 e. The van der Waals surface area contributed by atoms with E-state index in [0.29, 0.717) is 13.2 Å². The molecular formula is C12H18N2O2. The van der Waals surface area contributed by atoms with Crippen LogP contribution in [-0.2, 0) is 11.2 Å². The first-order chi connectivity index (χ1) is 7.88. The highest BCUT2D eigenvalue weighted by atomic mass is 16.5. The molecule has 0 bridgehead atoms. The van der Waals surface area contributed by atoms with E-state index in [-0.39, 0.29) is 6.10 Å². The molecule has 0 amide bonds. The highest BCUT2D eigenvalue weighted by Gasteiger charge is 2.15. The Morgan fingerprint density at radius 2 is 2.44 bits per heavy atom. The number of ether oxygens (including phenoxy) is 2. The smallest absolute Gasteiger partial charge is 0.138 e. The van der Waals surface area contributed by atoms with Gasteiger partial charge in [-0.25, -0.2) is 0 Å². The average molecular weight is 222 g/mol. The van der Waals surface area contributed by atoms with Crippen molar-refractivity contribution in [2.75, 3.05) is 19.8 Å². The zero-order valence-electron chi connectivity index (χ0n) is 9.39. The van der Waals surface area contributed by atoms with Gasteiger partial charge in [-0.05, 0) is 31.5 Å². The molecule has 1 aliphatic heterocycles. The van der Waals surface area contributed by atoms with Crippen LogP contribution in [0.25, 0.3) is 0 Å². The van der Waals surface area contributed by atoms with Gasteiger partial charge < -0.3 is 15.2 Å². The summed E-state index contributed by atoms with van der Waals surface area (Å²) >= 11 is 0. The predicted molar refractivity (Wildman–Crippen MR) is 61.5 cm³/mol. The summed E-state index contributed by atoms with van der Waals surface area (Å²) in [5.74, 6) is 0.816. The topological polar surface area (TPSA) is 57.4 Å². The van der Waals surface area contributed by atoms with Crippen LogP contribution in [0.5, 0.6) is 5.75 Å². The summed E-state index contributed by atoms with van der Waals surface area (Å²) in [5.41, 5.74) is 6.47. The molecule has 4 nitrogen and oxygen atoms in total. The molecule has 1 unspecified atom stereocenters. The Hall–Kier alpha value is -1.13. The molecule has 1 aliphatic rings. The van der Waals surface area contributed by atoms with Crippen molar-refractivity contribution in [3.8, 4) is 5.75 Å². The zero-order valence-corrected chi connectivity index (χ0v) is 9.39. The van der Waals surface area contributed by atoms with Crippen LogP contribution in [0, 0.1) is 0 Å². The van der Waals surface area contributed by atoms with E-state index in [2.05, 4.69) is 4.98 Å². The minimum absolute atomic E-state index is 0.177. The normalized spacial score (nSPS) is 20.7. The molecule has 88 valence electrons. The fourth-order valence-corrected chi connectivity index (χ4v) is 1.77. The van der Waals surface area contributed by atoms with Gasteiger partial charge in [0.05, 0.1) is 12.8 Å². The van der Waals surface area contributed by atoms with Crippen molar-refractivity contribution in [3.05, 3.63) is 24.0 Å². The summed E-state index contributed by atoms with van der Waals surface area (Å²) in [6, 6.07) is 3.92. The molecule has 0 spiro atoms. The Kier molecular flexibility index (Phi) is 4.13. The van der Waals surface area contributed by atoms with Crippen molar-refractivity contribution in [3.63, 3.8) is 0 Å². The maximum Gasteiger partial charge on any atom is 0.138 e. The van der Waals surface area contributed by atoms with Gasteiger partial charge >= 0.3 is 0 Å². The van der Waals surface area contributed by atoms with Crippen molar-refractivity contribution in [1.29, 1.82) is 0 Å². The van der Waals surface area contributed by atoms with E-state index in [0.717, 1.165) is 37.3 Å². The molecule has 1 aromatic heterocycles. The van der Waals surface area contributed by atoms with Crippen LogP contribution in [0.15, 0.2) is 18.3 Å². The van der Waals surface area contributed by atoms with E-state index in [4.69, 9.17) is 15.2 Å². The van der Waals surface area contributed by atoms with Gasteiger partial charge in [-0.1, -0.05) is 0 Å². The lowest BCUT2D eigenvalue weighted by molar-refractivity contribution is 0.00727. The summed E-state index contributed by atoms with van der Waals surface area (Å²) < 4.78 is 11.1. The third-order valence-electron chi connectivity index (χ3n) is 2.62. The van der Waals surface area contributed by atoms with Gasteiger partial charge in [-0.15, -0.1) is 0 Å². The number of hydrogen-bond acceptors (Lipinski definition) is 4. The highest BCUT2D eigenvalue weighted by Crippen LogP contribution is 2.16. The van der Waals surface area contributed by atoms with Crippen LogP contribution in [0.4, 0.5) is 0 Å². The first-order valence-electron chi connectivity index (χ1n) is 5.78. The molecule has 0 aromatic carbocycles. The molecule has 1 fully saturated rings. The fourth-order valence-electron chi connectivity index (χ4n) is 1.77. The Bertz CT molecular complexity index is 307. The van der Waals surface area contributed by atoms with E-state index >= 15 is 0 Å². The van der Waals surface area contributed by atoms with Crippen LogP contribution in [0.2, 0.25) is 0 Å². The predicted octanol–water partition coefficient (Wildman–Crippen LogP) is 1.14. The molecule has 16 heavy (non-hydrogen) atoms. The van der Waals surface area contributed by atoms with Gasteiger partial charge in [0.1, 0.15) is 11.9 Å². The summed E-state index contributed by atoms with van der Waals surface area (Å²) in [7, 11) is 0. The first kappa shape index (κ1) is 11.4. The molecule has 4 heteroatoms.